The molecule has 1 heterocycles. The first-order valence-corrected chi connectivity index (χ1v) is 7.50. The fraction of sp³-hybridized carbons (Fsp3) is 0.533. The standard InChI is InChI=1S/C15H22ClN3O2/c1-9-7-19(8-10(2)21-9)11(3)15(20)18-14-5-4-12(17)6-13(14)16/h4-6,9-11H,7-8,17H2,1-3H3,(H,18,20)/t9-,10+,11?. The number of amides is 1. The normalized spacial score (nSPS) is 24.6. The minimum Gasteiger partial charge on any atom is -0.399 e. The summed E-state index contributed by atoms with van der Waals surface area (Å²) in [5.74, 6) is -0.0806. The van der Waals surface area contributed by atoms with E-state index in [2.05, 4.69) is 10.2 Å². The van der Waals surface area contributed by atoms with Gasteiger partial charge in [-0.15, -0.1) is 0 Å². The molecular weight excluding hydrogens is 290 g/mol. The summed E-state index contributed by atoms with van der Waals surface area (Å²) in [4.78, 5) is 14.5. The molecule has 0 spiro atoms. The van der Waals surface area contributed by atoms with E-state index in [9.17, 15) is 4.79 Å². The summed E-state index contributed by atoms with van der Waals surface area (Å²) in [5.41, 5.74) is 6.80. The number of ether oxygens (including phenoxy) is 1. The van der Waals surface area contributed by atoms with Gasteiger partial charge >= 0.3 is 0 Å². The zero-order chi connectivity index (χ0) is 15.6. The molecule has 1 aliphatic rings. The molecule has 5 nitrogen and oxygen atoms in total. The minimum atomic E-state index is -0.243. The Morgan fingerprint density at radius 3 is 2.62 bits per heavy atom. The average molecular weight is 312 g/mol. The molecule has 1 fully saturated rings. The third-order valence-electron chi connectivity index (χ3n) is 3.63. The third kappa shape index (κ3) is 4.09. The number of nitrogens with two attached hydrogens (primary N) is 1. The minimum absolute atomic E-state index is 0.0806. The molecule has 1 aromatic carbocycles. The highest BCUT2D eigenvalue weighted by molar-refractivity contribution is 6.34. The number of nitrogens with one attached hydrogen (secondary N) is 1. The van der Waals surface area contributed by atoms with E-state index in [1.807, 2.05) is 20.8 Å². The number of anilines is 2. The summed E-state index contributed by atoms with van der Waals surface area (Å²) in [7, 11) is 0. The number of carbonyl (C=O) groups is 1. The number of rotatable bonds is 3. The van der Waals surface area contributed by atoms with Gasteiger partial charge in [0.1, 0.15) is 0 Å². The topological polar surface area (TPSA) is 67.6 Å². The van der Waals surface area contributed by atoms with E-state index in [0.29, 0.717) is 16.4 Å². The predicted octanol–water partition coefficient (Wildman–Crippen LogP) is 2.36. The van der Waals surface area contributed by atoms with E-state index in [-0.39, 0.29) is 24.2 Å². The molecule has 3 N–H and O–H groups in total. The summed E-state index contributed by atoms with van der Waals surface area (Å²) in [5, 5.41) is 3.30. The fourth-order valence-electron chi connectivity index (χ4n) is 2.57. The maximum atomic E-state index is 12.4. The zero-order valence-electron chi connectivity index (χ0n) is 12.6. The Balaban J connectivity index is 2.02. The second-order valence-electron chi connectivity index (χ2n) is 5.62. The maximum Gasteiger partial charge on any atom is 0.241 e. The molecule has 21 heavy (non-hydrogen) atoms. The van der Waals surface area contributed by atoms with Gasteiger partial charge in [-0.3, -0.25) is 9.69 Å². The highest BCUT2D eigenvalue weighted by atomic mass is 35.5. The molecule has 0 radical (unpaired) electrons. The first kappa shape index (κ1) is 16.1. The quantitative estimate of drug-likeness (QED) is 0.841. The van der Waals surface area contributed by atoms with Crippen molar-refractivity contribution in [1.29, 1.82) is 0 Å². The molecule has 0 aliphatic carbocycles. The third-order valence-corrected chi connectivity index (χ3v) is 3.94. The lowest BCUT2D eigenvalue weighted by atomic mass is 10.1. The van der Waals surface area contributed by atoms with Crippen LogP contribution in [0.15, 0.2) is 18.2 Å². The highest BCUT2D eigenvalue weighted by Crippen LogP contribution is 2.24. The Labute approximate surface area is 130 Å². The SMILES string of the molecule is CC(C(=O)Nc1ccc(N)cc1Cl)N1C[C@@H](C)O[C@@H](C)C1. The largest absolute Gasteiger partial charge is 0.399 e. The molecular formula is C15H22ClN3O2. The molecule has 1 aromatic rings. The lowest BCUT2D eigenvalue weighted by Gasteiger charge is -2.38. The van der Waals surface area contributed by atoms with Crippen molar-refractivity contribution >= 4 is 28.9 Å². The Kier molecular flexibility index (Phi) is 5.08. The van der Waals surface area contributed by atoms with Gasteiger partial charge in [0.25, 0.3) is 0 Å². The van der Waals surface area contributed by atoms with Crippen LogP contribution in [0.2, 0.25) is 5.02 Å². The molecule has 6 heteroatoms. The molecule has 0 bridgehead atoms. The van der Waals surface area contributed by atoms with E-state index in [0.717, 1.165) is 13.1 Å². The van der Waals surface area contributed by atoms with E-state index < -0.39 is 0 Å². The number of nitrogen functional groups attached to an aromatic ring is 1. The van der Waals surface area contributed by atoms with Gasteiger partial charge in [-0.2, -0.15) is 0 Å². The second kappa shape index (κ2) is 6.64. The Hall–Kier alpha value is -1.30. The summed E-state index contributed by atoms with van der Waals surface area (Å²) in [6.07, 6.45) is 0.258. The van der Waals surface area contributed by atoms with Crippen LogP contribution in [0.25, 0.3) is 0 Å². The van der Waals surface area contributed by atoms with Crippen LogP contribution in [0.1, 0.15) is 20.8 Å². The second-order valence-corrected chi connectivity index (χ2v) is 6.02. The Morgan fingerprint density at radius 1 is 1.43 bits per heavy atom. The van der Waals surface area contributed by atoms with Crippen molar-refractivity contribution in [3.63, 3.8) is 0 Å². The summed E-state index contributed by atoms with van der Waals surface area (Å²) < 4.78 is 5.69. The smallest absolute Gasteiger partial charge is 0.241 e. The van der Waals surface area contributed by atoms with Crippen molar-refractivity contribution in [2.75, 3.05) is 24.1 Å². The summed E-state index contributed by atoms with van der Waals surface area (Å²) in [6, 6.07) is 4.81. The average Bonchev–Trinajstić information content (AvgIpc) is 2.40. The molecule has 1 unspecified atom stereocenters. The maximum absolute atomic E-state index is 12.4. The highest BCUT2D eigenvalue weighted by Gasteiger charge is 2.29. The number of halogens is 1. The molecule has 1 aliphatic heterocycles. The molecule has 116 valence electrons. The fourth-order valence-corrected chi connectivity index (χ4v) is 2.81. The number of morpholine rings is 1. The molecule has 3 atom stereocenters. The first-order chi connectivity index (χ1) is 9.86. The van der Waals surface area contributed by atoms with Gasteiger partial charge < -0.3 is 15.8 Å². The number of benzene rings is 1. The van der Waals surface area contributed by atoms with Gasteiger partial charge in [0.05, 0.1) is 29.0 Å². The van der Waals surface area contributed by atoms with Crippen LogP contribution in [-0.2, 0) is 9.53 Å². The lowest BCUT2D eigenvalue weighted by molar-refractivity contribution is -0.126. The van der Waals surface area contributed by atoms with E-state index in [4.69, 9.17) is 22.1 Å². The van der Waals surface area contributed by atoms with Crippen LogP contribution >= 0.6 is 11.6 Å². The van der Waals surface area contributed by atoms with Crippen molar-refractivity contribution in [1.82, 2.24) is 4.90 Å². The number of carbonyl (C=O) groups excluding carboxylic acids is 1. The van der Waals surface area contributed by atoms with Gasteiger partial charge in [-0.1, -0.05) is 11.6 Å². The van der Waals surface area contributed by atoms with E-state index in [1.54, 1.807) is 18.2 Å². The first-order valence-electron chi connectivity index (χ1n) is 7.12. The van der Waals surface area contributed by atoms with Crippen LogP contribution < -0.4 is 11.1 Å². The molecule has 0 saturated carbocycles. The number of nitrogens with zero attached hydrogens (tertiary/aromatic N) is 1. The lowest BCUT2D eigenvalue weighted by Crippen LogP contribution is -2.52. The predicted molar refractivity (Wildman–Crippen MR) is 85.5 cm³/mol. The van der Waals surface area contributed by atoms with Gasteiger partial charge in [0.2, 0.25) is 5.91 Å². The van der Waals surface area contributed by atoms with E-state index in [1.165, 1.54) is 0 Å². The monoisotopic (exact) mass is 311 g/mol. The molecule has 1 amide bonds. The Bertz CT molecular complexity index is 514. The number of hydrogen-bond donors (Lipinski definition) is 2. The Morgan fingerprint density at radius 2 is 2.05 bits per heavy atom. The van der Waals surface area contributed by atoms with Crippen LogP contribution in [0, 0.1) is 0 Å². The van der Waals surface area contributed by atoms with Gasteiger partial charge in [0.15, 0.2) is 0 Å². The van der Waals surface area contributed by atoms with Crippen molar-refractivity contribution < 1.29 is 9.53 Å². The van der Waals surface area contributed by atoms with E-state index >= 15 is 0 Å². The van der Waals surface area contributed by atoms with Crippen molar-refractivity contribution in [2.45, 2.75) is 39.0 Å². The van der Waals surface area contributed by atoms with Gasteiger partial charge in [0, 0.05) is 18.8 Å². The molecule has 2 rings (SSSR count). The van der Waals surface area contributed by atoms with Crippen LogP contribution in [-0.4, -0.2) is 42.1 Å². The molecule has 1 saturated heterocycles. The summed E-state index contributed by atoms with van der Waals surface area (Å²) in [6.45, 7) is 7.42. The van der Waals surface area contributed by atoms with Crippen molar-refractivity contribution in [3.05, 3.63) is 23.2 Å². The van der Waals surface area contributed by atoms with Gasteiger partial charge in [-0.05, 0) is 39.0 Å². The molecule has 0 aromatic heterocycles. The van der Waals surface area contributed by atoms with Crippen molar-refractivity contribution in [2.24, 2.45) is 0 Å². The van der Waals surface area contributed by atoms with Crippen LogP contribution in [0.5, 0.6) is 0 Å². The van der Waals surface area contributed by atoms with Crippen LogP contribution in [0.4, 0.5) is 11.4 Å². The zero-order valence-corrected chi connectivity index (χ0v) is 13.4. The number of hydrogen-bond acceptors (Lipinski definition) is 4. The van der Waals surface area contributed by atoms with Crippen molar-refractivity contribution in [3.8, 4) is 0 Å². The van der Waals surface area contributed by atoms with Gasteiger partial charge in [-0.25, -0.2) is 0 Å². The van der Waals surface area contributed by atoms with Crippen LogP contribution in [0.3, 0.4) is 0 Å². The summed E-state index contributed by atoms with van der Waals surface area (Å²) >= 11 is 6.08.